The summed E-state index contributed by atoms with van der Waals surface area (Å²) in [7, 11) is 0. The molecule has 1 aromatic heterocycles. The molecule has 24 heavy (non-hydrogen) atoms. The highest BCUT2D eigenvalue weighted by Crippen LogP contribution is 2.23. The smallest absolute Gasteiger partial charge is 0.337 e. The van der Waals surface area contributed by atoms with E-state index in [1.807, 2.05) is 6.92 Å². The van der Waals surface area contributed by atoms with Gasteiger partial charge in [-0.3, -0.25) is 9.59 Å². The Balaban J connectivity index is 2.43. The summed E-state index contributed by atoms with van der Waals surface area (Å²) >= 11 is 0. The summed E-state index contributed by atoms with van der Waals surface area (Å²) in [6, 6.07) is 4.79. The lowest BCUT2D eigenvalue weighted by molar-refractivity contribution is 0.0697. The number of benzene rings is 1. The number of aromatic amines is 1. The summed E-state index contributed by atoms with van der Waals surface area (Å²) in [5.41, 5.74) is 3.11. The van der Waals surface area contributed by atoms with Gasteiger partial charge >= 0.3 is 5.97 Å². The topological polar surface area (TPSA) is 99.3 Å². The SMILES string of the molecule is CCc1c(C(=O)Nc2ccc(C)cc2C(=O)O)[nH]c(C)c1C(C)=O. The number of Topliss-reactive ketones (excluding diaryl/α,β-unsaturated/α-hetero) is 1. The van der Waals surface area contributed by atoms with Crippen LogP contribution >= 0.6 is 0 Å². The van der Waals surface area contributed by atoms with Gasteiger partial charge in [-0.1, -0.05) is 18.6 Å². The first-order chi connectivity index (χ1) is 11.3. The molecule has 6 nitrogen and oxygen atoms in total. The van der Waals surface area contributed by atoms with Gasteiger partial charge in [0, 0.05) is 11.3 Å². The van der Waals surface area contributed by atoms with Gasteiger partial charge in [-0.05, 0) is 44.9 Å². The minimum Gasteiger partial charge on any atom is -0.478 e. The van der Waals surface area contributed by atoms with Crippen LogP contribution in [0.2, 0.25) is 0 Å². The number of hydrogen-bond donors (Lipinski definition) is 3. The molecule has 0 bridgehead atoms. The molecule has 1 aromatic carbocycles. The molecule has 0 aliphatic rings. The van der Waals surface area contributed by atoms with Crippen LogP contribution in [0.3, 0.4) is 0 Å². The van der Waals surface area contributed by atoms with Gasteiger partial charge in [0.05, 0.1) is 11.3 Å². The van der Waals surface area contributed by atoms with Crippen molar-refractivity contribution in [3.05, 3.63) is 51.8 Å². The quantitative estimate of drug-likeness (QED) is 0.733. The maximum atomic E-state index is 12.6. The number of anilines is 1. The third-order valence-corrected chi connectivity index (χ3v) is 3.88. The van der Waals surface area contributed by atoms with Crippen LogP contribution in [-0.4, -0.2) is 27.8 Å². The highest BCUT2D eigenvalue weighted by molar-refractivity contribution is 6.10. The van der Waals surface area contributed by atoms with Crippen molar-refractivity contribution in [2.75, 3.05) is 5.32 Å². The van der Waals surface area contributed by atoms with E-state index >= 15 is 0 Å². The summed E-state index contributed by atoms with van der Waals surface area (Å²) in [5.74, 6) is -1.69. The Hall–Kier alpha value is -2.89. The Bertz CT molecular complexity index is 834. The van der Waals surface area contributed by atoms with Crippen LogP contribution in [0.15, 0.2) is 18.2 Å². The Morgan fingerprint density at radius 2 is 1.88 bits per heavy atom. The van der Waals surface area contributed by atoms with E-state index in [9.17, 15) is 19.5 Å². The van der Waals surface area contributed by atoms with Crippen LogP contribution in [-0.2, 0) is 6.42 Å². The molecular weight excluding hydrogens is 308 g/mol. The molecule has 0 aliphatic heterocycles. The number of aromatic nitrogens is 1. The number of ketones is 1. The molecule has 2 rings (SSSR count). The number of carbonyl (C=O) groups is 3. The second-order valence-electron chi connectivity index (χ2n) is 5.70. The van der Waals surface area contributed by atoms with Crippen LogP contribution in [0.25, 0.3) is 0 Å². The van der Waals surface area contributed by atoms with Crippen LogP contribution in [0, 0.1) is 13.8 Å². The lowest BCUT2D eigenvalue weighted by atomic mass is 10.0. The number of rotatable bonds is 5. The monoisotopic (exact) mass is 328 g/mol. The Morgan fingerprint density at radius 1 is 1.21 bits per heavy atom. The number of aryl methyl sites for hydroxylation is 2. The van der Waals surface area contributed by atoms with Gasteiger partial charge in [-0.2, -0.15) is 0 Å². The van der Waals surface area contributed by atoms with E-state index in [-0.39, 0.29) is 22.7 Å². The maximum Gasteiger partial charge on any atom is 0.337 e. The summed E-state index contributed by atoms with van der Waals surface area (Å²) < 4.78 is 0. The van der Waals surface area contributed by atoms with Gasteiger partial charge in [-0.25, -0.2) is 4.79 Å². The zero-order valence-electron chi connectivity index (χ0n) is 14.1. The fraction of sp³-hybridized carbons (Fsp3) is 0.278. The number of carboxylic acids is 1. The van der Waals surface area contributed by atoms with Gasteiger partial charge < -0.3 is 15.4 Å². The third kappa shape index (κ3) is 3.22. The lowest BCUT2D eigenvalue weighted by Gasteiger charge is -2.10. The van der Waals surface area contributed by atoms with E-state index in [1.165, 1.54) is 13.0 Å². The second-order valence-corrected chi connectivity index (χ2v) is 5.70. The standard InChI is InChI=1S/C18H20N2O4/c1-5-12-15(11(4)21)10(3)19-16(12)17(22)20-14-7-6-9(2)8-13(14)18(23)24/h6-8,19H,5H2,1-4H3,(H,20,22)(H,23,24). The number of nitrogens with one attached hydrogen (secondary N) is 2. The molecule has 126 valence electrons. The molecule has 0 radical (unpaired) electrons. The lowest BCUT2D eigenvalue weighted by Crippen LogP contribution is -2.17. The zero-order chi connectivity index (χ0) is 18.0. The fourth-order valence-corrected chi connectivity index (χ4v) is 2.83. The molecule has 1 heterocycles. The van der Waals surface area contributed by atoms with Gasteiger partial charge in [0.15, 0.2) is 5.78 Å². The highest BCUT2D eigenvalue weighted by Gasteiger charge is 2.22. The van der Waals surface area contributed by atoms with Crippen molar-refractivity contribution in [3.63, 3.8) is 0 Å². The van der Waals surface area contributed by atoms with Crippen molar-refractivity contribution in [1.82, 2.24) is 4.98 Å². The van der Waals surface area contributed by atoms with Crippen molar-refractivity contribution in [2.24, 2.45) is 0 Å². The van der Waals surface area contributed by atoms with Gasteiger partial charge in [0.2, 0.25) is 0 Å². The average molecular weight is 328 g/mol. The minimum atomic E-state index is -1.11. The normalized spacial score (nSPS) is 10.5. The molecule has 0 unspecified atom stereocenters. The van der Waals surface area contributed by atoms with E-state index < -0.39 is 11.9 Å². The summed E-state index contributed by atoms with van der Waals surface area (Å²) in [5, 5.41) is 11.9. The van der Waals surface area contributed by atoms with E-state index in [2.05, 4.69) is 10.3 Å². The van der Waals surface area contributed by atoms with E-state index in [4.69, 9.17) is 0 Å². The molecule has 3 N–H and O–H groups in total. The van der Waals surface area contributed by atoms with Gasteiger partial charge in [-0.15, -0.1) is 0 Å². The van der Waals surface area contributed by atoms with Gasteiger partial charge in [0.1, 0.15) is 5.69 Å². The van der Waals surface area contributed by atoms with Gasteiger partial charge in [0.25, 0.3) is 5.91 Å². The Kier molecular flexibility index (Phi) is 4.87. The maximum absolute atomic E-state index is 12.6. The first kappa shape index (κ1) is 17.5. The summed E-state index contributed by atoms with van der Waals surface area (Å²) in [6.45, 7) is 6.84. The average Bonchev–Trinajstić information content (AvgIpc) is 2.85. The minimum absolute atomic E-state index is 0.0245. The fourth-order valence-electron chi connectivity index (χ4n) is 2.83. The predicted molar refractivity (Wildman–Crippen MR) is 91.0 cm³/mol. The van der Waals surface area contributed by atoms with Crippen LogP contribution < -0.4 is 5.32 Å². The van der Waals surface area contributed by atoms with Crippen molar-refractivity contribution >= 4 is 23.3 Å². The van der Waals surface area contributed by atoms with E-state index in [1.54, 1.807) is 26.0 Å². The van der Waals surface area contributed by atoms with Crippen molar-refractivity contribution < 1.29 is 19.5 Å². The highest BCUT2D eigenvalue weighted by atomic mass is 16.4. The predicted octanol–water partition coefficient (Wildman–Crippen LogP) is 3.35. The molecular formula is C18H20N2O4. The molecule has 6 heteroatoms. The first-order valence-corrected chi connectivity index (χ1v) is 7.63. The molecule has 2 aromatic rings. The number of carboxylic acid groups (broad SMARTS) is 1. The molecule has 0 aliphatic carbocycles. The molecule has 0 fully saturated rings. The zero-order valence-corrected chi connectivity index (χ0v) is 14.1. The van der Waals surface area contributed by atoms with Crippen LogP contribution in [0.4, 0.5) is 5.69 Å². The first-order valence-electron chi connectivity index (χ1n) is 7.63. The molecule has 0 atom stereocenters. The summed E-state index contributed by atoms with van der Waals surface area (Å²) in [4.78, 5) is 38.7. The Morgan fingerprint density at radius 3 is 2.42 bits per heavy atom. The number of amides is 1. The van der Waals surface area contributed by atoms with E-state index in [0.717, 1.165) is 5.56 Å². The summed E-state index contributed by atoms with van der Waals surface area (Å²) in [6.07, 6.45) is 0.516. The van der Waals surface area contributed by atoms with Crippen molar-refractivity contribution in [3.8, 4) is 0 Å². The molecule has 0 saturated heterocycles. The largest absolute Gasteiger partial charge is 0.478 e. The van der Waals surface area contributed by atoms with Crippen molar-refractivity contribution in [2.45, 2.75) is 34.1 Å². The van der Waals surface area contributed by atoms with Crippen LogP contribution in [0.1, 0.15) is 61.9 Å². The molecule has 0 spiro atoms. The van der Waals surface area contributed by atoms with E-state index in [0.29, 0.717) is 23.2 Å². The third-order valence-electron chi connectivity index (χ3n) is 3.88. The second kappa shape index (κ2) is 6.70. The number of aromatic carboxylic acids is 1. The number of H-pyrrole nitrogens is 1. The number of hydrogen-bond acceptors (Lipinski definition) is 3. The van der Waals surface area contributed by atoms with Crippen molar-refractivity contribution in [1.29, 1.82) is 0 Å². The molecule has 0 saturated carbocycles. The molecule has 1 amide bonds. The Labute approximate surface area is 139 Å². The van der Waals surface area contributed by atoms with Crippen LogP contribution in [0.5, 0.6) is 0 Å². The number of carbonyl (C=O) groups excluding carboxylic acids is 2.